The number of aromatic nitrogens is 3. The second-order valence-corrected chi connectivity index (χ2v) is 6.33. The van der Waals surface area contributed by atoms with E-state index in [2.05, 4.69) is 20.1 Å². The lowest BCUT2D eigenvalue weighted by atomic mass is 9.91. The number of nitrogens with zero attached hydrogens (tertiary/aromatic N) is 3. The molecule has 7 nitrogen and oxygen atoms in total. The van der Waals surface area contributed by atoms with E-state index in [4.69, 9.17) is 0 Å². The predicted octanol–water partition coefficient (Wildman–Crippen LogP) is 1.95. The highest BCUT2D eigenvalue weighted by molar-refractivity contribution is 5.95. The minimum atomic E-state index is -4.67. The largest absolute Gasteiger partial charge is 0.468 e. The lowest BCUT2D eigenvalue weighted by Crippen LogP contribution is -2.30. The molecule has 0 bridgehead atoms. The zero-order valence-corrected chi connectivity index (χ0v) is 14.1. The van der Waals surface area contributed by atoms with Gasteiger partial charge in [-0.3, -0.25) is 9.59 Å². The molecule has 0 aliphatic heterocycles. The Morgan fingerprint density at radius 2 is 1.88 bits per heavy atom. The molecular weight excluding hydrogens is 341 g/mol. The topological polar surface area (TPSA) is 85.6 Å². The van der Waals surface area contributed by atoms with Crippen molar-refractivity contribution in [2.75, 3.05) is 13.7 Å². The summed E-state index contributed by atoms with van der Waals surface area (Å²) >= 11 is 0. The average Bonchev–Trinajstić information content (AvgIpc) is 2.93. The third-order valence-corrected chi connectivity index (χ3v) is 3.34. The number of fused-ring (bicyclic) bond motifs is 1. The van der Waals surface area contributed by atoms with Crippen LogP contribution in [-0.4, -0.2) is 40.1 Å². The van der Waals surface area contributed by atoms with Gasteiger partial charge in [-0.05, 0) is 6.07 Å². The van der Waals surface area contributed by atoms with E-state index >= 15 is 0 Å². The Balaban J connectivity index is 2.50. The molecule has 25 heavy (non-hydrogen) atoms. The van der Waals surface area contributed by atoms with E-state index in [1.165, 1.54) is 0 Å². The van der Waals surface area contributed by atoms with Crippen LogP contribution in [0.3, 0.4) is 0 Å². The molecule has 0 aromatic carbocycles. The van der Waals surface area contributed by atoms with Crippen molar-refractivity contribution in [1.82, 2.24) is 19.9 Å². The van der Waals surface area contributed by atoms with E-state index in [-0.39, 0.29) is 17.0 Å². The summed E-state index contributed by atoms with van der Waals surface area (Å²) in [4.78, 5) is 27.2. The molecule has 2 heterocycles. The molecule has 2 aromatic rings. The van der Waals surface area contributed by atoms with E-state index in [0.29, 0.717) is 4.52 Å². The highest BCUT2D eigenvalue weighted by atomic mass is 19.4. The zero-order valence-electron chi connectivity index (χ0n) is 14.1. The average molecular weight is 358 g/mol. The molecule has 0 aliphatic carbocycles. The number of ether oxygens (including phenoxy) is 1. The Labute approximate surface area is 141 Å². The summed E-state index contributed by atoms with van der Waals surface area (Å²) in [7, 11) is 1.15. The van der Waals surface area contributed by atoms with Gasteiger partial charge in [-0.1, -0.05) is 20.8 Å². The number of hydrogen-bond acceptors (Lipinski definition) is 5. The van der Waals surface area contributed by atoms with E-state index in [9.17, 15) is 22.8 Å². The Hall–Kier alpha value is -2.65. The molecule has 2 aromatic heterocycles. The van der Waals surface area contributed by atoms with Gasteiger partial charge in [0.25, 0.3) is 5.91 Å². The number of hydrogen-bond donors (Lipinski definition) is 1. The Kier molecular flexibility index (Phi) is 4.74. The maximum Gasteiger partial charge on any atom is 0.433 e. The first-order valence-corrected chi connectivity index (χ1v) is 7.27. The summed E-state index contributed by atoms with van der Waals surface area (Å²) in [6, 6.07) is 2.05. The van der Waals surface area contributed by atoms with Gasteiger partial charge < -0.3 is 10.1 Å². The van der Waals surface area contributed by atoms with E-state index in [0.717, 1.165) is 19.2 Å². The Morgan fingerprint density at radius 3 is 2.40 bits per heavy atom. The molecule has 1 N–H and O–H groups in total. The highest BCUT2D eigenvalue weighted by Gasteiger charge is 2.36. The van der Waals surface area contributed by atoms with Crippen molar-refractivity contribution in [2.45, 2.75) is 32.4 Å². The molecule has 0 spiro atoms. The van der Waals surface area contributed by atoms with Crippen LogP contribution >= 0.6 is 0 Å². The van der Waals surface area contributed by atoms with Gasteiger partial charge in [-0.25, -0.2) is 9.50 Å². The first-order chi connectivity index (χ1) is 11.4. The fourth-order valence-electron chi connectivity index (χ4n) is 1.99. The fourth-order valence-corrected chi connectivity index (χ4v) is 1.99. The monoisotopic (exact) mass is 358 g/mol. The predicted molar refractivity (Wildman–Crippen MR) is 81.0 cm³/mol. The van der Waals surface area contributed by atoms with Crippen LogP contribution < -0.4 is 5.32 Å². The number of carbonyl (C=O) groups excluding carboxylic acids is 2. The van der Waals surface area contributed by atoms with Gasteiger partial charge in [0.15, 0.2) is 11.3 Å². The number of rotatable bonds is 3. The quantitative estimate of drug-likeness (QED) is 0.848. The molecule has 0 aliphatic rings. The molecule has 1 amide bonds. The molecular formula is C15H17F3N4O3. The van der Waals surface area contributed by atoms with E-state index in [1.807, 2.05) is 0 Å². The van der Waals surface area contributed by atoms with Crippen LogP contribution in [0.1, 0.15) is 42.6 Å². The number of carbonyl (C=O) groups is 2. The molecule has 0 radical (unpaired) electrons. The number of esters is 1. The van der Waals surface area contributed by atoms with Crippen molar-refractivity contribution in [3.8, 4) is 0 Å². The number of alkyl halides is 3. The molecule has 0 unspecified atom stereocenters. The van der Waals surface area contributed by atoms with Crippen LogP contribution in [0.5, 0.6) is 0 Å². The van der Waals surface area contributed by atoms with Crippen LogP contribution in [-0.2, 0) is 21.1 Å². The van der Waals surface area contributed by atoms with Gasteiger partial charge >= 0.3 is 12.1 Å². The summed E-state index contributed by atoms with van der Waals surface area (Å²) in [5.41, 5.74) is -1.83. The molecule has 2 rings (SSSR count). The molecule has 0 saturated heterocycles. The highest BCUT2D eigenvalue weighted by Crippen LogP contribution is 2.32. The van der Waals surface area contributed by atoms with Gasteiger partial charge in [0, 0.05) is 11.5 Å². The second-order valence-electron chi connectivity index (χ2n) is 6.33. The van der Waals surface area contributed by atoms with Gasteiger partial charge in [-0.2, -0.15) is 18.3 Å². The SMILES string of the molecule is COC(=O)CNC(=O)c1cc2nc(C(C)(C)C)cc(C(F)(F)F)n2n1. The lowest BCUT2D eigenvalue weighted by Gasteiger charge is -2.19. The Morgan fingerprint density at radius 1 is 1.24 bits per heavy atom. The third-order valence-electron chi connectivity index (χ3n) is 3.34. The van der Waals surface area contributed by atoms with E-state index < -0.39 is 35.7 Å². The summed E-state index contributed by atoms with van der Waals surface area (Å²) in [5, 5.41) is 5.89. The summed E-state index contributed by atoms with van der Waals surface area (Å²) in [5.74, 6) is -1.50. The van der Waals surface area contributed by atoms with Crippen molar-refractivity contribution >= 4 is 17.5 Å². The van der Waals surface area contributed by atoms with Crippen molar-refractivity contribution < 1.29 is 27.5 Å². The fraction of sp³-hybridized carbons (Fsp3) is 0.467. The minimum Gasteiger partial charge on any atom is -0.468 e. The first-order valence-electron chi connectivity index (χ1n) is 7.27. The summed E-state index contributed by atoms with van der Waals surface area (Å²) < 4.78 is 45.0. The molecule has 0 atom stereocenters. The number of amides is 1. The van der Waals surface area contributed by atoms with Crippen LogP contribution in [0.25, 0.3) is 5.65 Å². The van der Waals surface area contributed by atoms with Gasteiger partial charge in [-0.15, -0.1) is 0 Å². The van der Waals surface area contributed by atoms with E-state index in [1.54, 1.807) is 20.8 Å². The zero-order chi connectivity index (χ0) is 19.0. The van der Waals surface area contributed by atoms with Crippen molar-refractivity contribution in [2.24, 2.45) is 0 Å². The van der Waals surface area contributed by atoms with Crippen LogP contribution in [0.15, 0.2) is 12.1 Å². The summed E-state index contributed by atoms with van der Waals surface area (Å²) in [6.07, 6.45) is -4.67. The normalized spacial score (nSPS) is 12.3. The van der Waals surface area contributed by atoms with Crippen LogP contribution in [0.2, 0.25) is 0 Å². The smallest absolute Gasteiger partial charge is 0.433 e. The van der Waals surface area contributed by atoms with Crippen molar-refractivity contribution in [3.05, 3.63) is 29.2 Å². The Bertz CT molecular complexity index is 822. The number of halogens is 3. The third kappa shape index (κ3) is 4.06. The maximum atomic E-state index is 13.3. The molecule has 0 fully saturated rings. The van der Waals surface area contributed by atoms with Gasteiger partial charge in [0.1, 0.15) is 12.2 Å². The number of methoxy groups -OCH3 is 1. The lowest BCUT2D eigenvalue weighted by molar-refractivity contribution is -0.143. The molecule has 10 heteroatoms. The van der Waals surface area contributed by atoms with Gasteiger partial charge in [0.2, 0.25) is 0 Å². The van der Waals surface area contributed by atoms with Gasteiger partial charge in [0.05, 0.1) is 12.8 Å². The van der Waals surface area contributed by atoms with Crippen molar-refractivity contribution in [1.29, 1.82) is 0 Å². The van der Waals surface area contributed by atoms with Crippen LogP contribution in [0.4, 0.5) is 13.2 Å². The van der Waals surface area contributed by atoms with Crippen LogP contribution in [0, 0.1) is 0 Å². The molecule has 0 saturated carbocycles. The second kappa shape index (κ2) is 6.34. The summed E-state index contributed by atoms with van der Waals surface area (Å²) in [6.45, 7) is 4.76. The minimum absolute atomic E-state index is 0.108. The standard InChI is InChI=1S/C15H17F3N4O3/c1-14(2,3)9-6-10(15(16,17)18)22-11(20-9)5-8(21-22)13(24)19-7-12(23)25-4/h5-6H,7H2,1-4H3,(H,19,24). The first kappa shape index (κ1) is 18.7. The maximum absolute atomic E-state index is 13.3. The molecule has 136 valence electrons. The van der Waals surface area contributed by atoms with Crippen molar-refractivity contribution in [3.63, 3.8) is 0 Å². The number of nitrogens with one attached hydrogen (secondary N) is 1.